The Morgan fingerprint density at radius 2 is 0.880 bits per heavy atom. The molecule has 0 rings (SSSR count). The first-order valence-corrected chi connectivity index (χ1v) is 12.9. The van der Waals surface area contributed by atoms with E-state index in [2.05, 4.69) is 11.8 Å². The molecule has 0 aromatic heterocycles. The van der Waals surface area contributed by atoms with E-state index in [0.717, 1.165) is 44.6 Å². The first kappa shape index (κ1) is 25.2. The number of nitrogens with zero attached hydrogens (tertiary/aromatic N) is 1. The van der Waals surface area contributed by atoms with Gasteiger partial charge in [0.1, 0.15) is 0 Å². The van der Waals surface area contributed by atoms with Crippen molar-refractivity contribution < 1.29 is 26.6 Å². The quantitative estimate of drug-likeness (QED) is 0.350. The molecule has 0 radical (unpaired) electrons. The van der Waals surface area contributed by atoms with E-state index in [9.17, 15) is 0 Å². The lowest BCUT2D eigenvalue weighted by Gasteiger charge is -2.28. The number of unbranched alkanes of at least 4 members (excludes halogenated alkanes) is 1. The van der Waals surface area contributed by atoms with Gasteiger partial charge in [0.15, 0.2) is 0 Å². The van der Waals surface area contributed by atoms with Crippen LogP contribution in [-0.2, 0) is 26.6 Å². The summed E-state index contributed by atoms with van der Waals surface area (Å²) in [7, 11) is 5.04. The Hall–Kier alpha value is 0.154. The van der Waals surface area contributed by atoms with E-state index in [1.165, 1.54) is 12.8 Å². The van der Waals surface area contributed by atoms with Crippen molar-refractivity contribution in [1.29, 1.82) is 0 Å². The SMILES string of the molecule is CCCCN(CCC[Si](OC)(OC)OC)CCC[Si](OC)(OC)OC. The van der Waals surface area contributed by atoms with Gasteiger partial charge in [0.2, 0.25) is 0 Å². The predicted molar refractivity (Wildman–Crippen MR) is 104 cm³/mol. The maximum Gasteiger partial charge on any atom is 0.500 e. The fraction of sp³-hybridized carbons (Fsp3) is 1.00. The van der Waals surface area contributed by atoms with Crippen LogP contribution in [0.3, 0.4) is 0 Å². The standard InChI is InChI=1S/C16H39NO6Si2/c1-8-9-12-17(13-10-15-24(18-2,19-3)20-4)14-11-16-25(21-5,22-6)23-7/h8-16H2,1-7H3. The first-order valence-electron chi connectivity index (χ1n) is 9.04. The van der Waals surface area contributed by atoms with Crippen molar-refractivity contribution in [2.45, 2.75) is 44.7 Å². The van der Waals surface area contributed by atoms with Crippen LogP contribution in [0.5, 0.6) is 0 Å². The highest BCUT2D eigenvalue weighted by Gasteiger charge is 2.38. The van der Waals surface area contributed by atoms with Crippen molar-refractivity contribution in [2.24, 2.45) is 0 Å². The third kappa shape index (κ3) is 9.07. The molecule has 7 nitrogen and oxygen atoms in total. The van der Waals surface area contributed by atoms with Crippen LogP contribution in [0.1, 0.15) is 32.6 Å². The summed E-state index contributed by atoms with van der Waals surface area (Å²) in [5, 5.41) is 0. The van der Waals surface area contributed by atoms with Gasteiger partial charge in [-0.1, -0.05) is 13.3 Å². The predicted octanol–water partition coefficient (Wildman–Crippen LogP) is 2.62. The molecular weight excluding hydrogens is 358 g/mol. The normalized spacial score (nSPS) is 13.0. The van der Waals surface area contributed by atoms with Crippen molar-refractivity contribution in [2.75, 3.05) is 62.3 Å². The summed E-state index contributed by atoms with van der Waals surface area (Å²) in [6.45, 7) is 5.33. The second-order valence-corrected chi connectivity index (χ2v) is 12.2. The Morgan fingerprint density at radius 1 is 0.560 bits per heavy atom. The fourth-order valence-corrected chi connectivity index (χ4v) is 6.27. The molecule has 0 saturated heterocycles. The summed E-state index contributed by atoms with van der Waals surface area (Å²) in [5.74, 6) is 0. The Labute approximate surface area is 156 Å². The summed E-state index contributed by atoms with van der Waals surface area (Å²) in [6.07, 6.45) is 4.37. The molecule has 0 bridgehead atoms. The minimum absolute atomic E-state index is 0.825. The minimum atomic E-state index is -2.47. The van der Waals surface area contributed by atoms with Crippen molar-refractivity contribution in [3.63, 3.8) is 0 Å². The third-order valence-corrected chi connectivity index (χ3v) is 10.3. The molecule has 0 aliphatic carbocycles. The average molecular weight is 398 g/mol. The maximum atomic E-state index is 5.50. The molecule has 0 aliphatic heterocycles. The molecule has 0 amide bonds. The first-order chi connectivity index (χ1) is 12.0. The van der Waals surface area contributed by atoms with Gasteiger partial charge in [-0.2, -0.15) is 0 Å². The van der Waals surface area contributed by atoms with E-state index in [0.29, 0.717) is 0 Å². The summed E-state index contributed by atoms with van der Waals surface area (Å²) >= 11 is 0. The fourth-order valence-electron chi connectivity index (χ4n) is 2.87. The zero-order valence-corrected chi connectivity index (χ0v) is 19.3. The van der Waals surface area contributed by atoms with Crippen LogP contribution in [0.25, 0.3) is 0 Å². The molecule has 0 aliphatic rings. The topological polar surface area (TPSA) is 58.6 Å². The molecule has 152 valence electrons. The molecule has 0 heterocycles. The van der Waals surface area contributed by atoms with E-state index in [1.54, 1.807) is 42.7 Å². The molecule has 0 spiro atoms. The van der Waals surface area contributed by atoms with Crippen LogP contribution >= 0.6 is 0 Å². The van der Waals surface area contributed by atoms with Crippen molar-refractivity contribution in [3.05, 3.63) is 0 Å². The van der Waals surface area contributed by atoms with Crippen LogP contribution < -0.4 is 0 Å². The van der Waals surface area contributed by atoms with Gasteiger partial charge >= 0.3 is 17.6 Å². The molecule has 25 heavy (non-hydrogen) atoms. The highest BCUT2D eigenvalue weighted by molar-refractivity contribution is 6.60. The van der Waals surface area contributed by atoms with Crippen molar-refractivity contribution in [3.8, 4) is 0 Å². The highest BCUT2D eigenvalue weighted by Crippen LogP contribution is 2.18. The van der Waals surface area contributed by atoms with Crippen LogP contribution in [0.2, 0.25) is 12.1 Å². The van der Waals surface area contributed by atoms with Gasteiger partial charge in [-0.3, -0.25) is 0 Å². The van der Waals surface area contributed by atoms with Crippen LogP contribution in [0, 0.1) is 0 Å². The van der Waals surface area contributed by atoms with E-state index in [4.69, 9.17) is 26.6 Å². The molecule has 0 aromatic carbocycles. The van der Waals surface area contributed by atoms with E-state index in [-0.39, 0.29) is 0 Å². The van der Waals surface area contributed by atoms with Gasteiger partial charge in [0, 0.05) is 54.7 Å². The average Bonchev–Trinajstić information content (AvgIpc) is 2.67. The summed E-state index contributed by atoms with van der Waals surface area (Å²) in [5.41, 5.74) is 0. The second kappa shape index (κ2) is 14.2. The monoisotopic (exact) mass is 397 g/mol. The Bertz CT molecular complexity index is 274. The molecular formula is C16H39NO6Si2. The van der Waals surface area contributed by atoms with Crippen molar-refractivity contribution >= 4 is 17.6 Å². The Morgan fingerprint density at radius 3 is 1.16 bits per heavy atom. The third-order valence-electron chi connectivity index (χ3n) is 4.61. The Kier molecular flexibility index (Phi) is 14.3. The minimum Gasteiger partial charge on any atom is -0.377 e. The van der Waals surface area contributed by atoms with Gasteiger partial charge in [0.25, 0.3) is 0 Å². The summed E-state index contributed by atoms with van der Waals surface area (Å²) in [6, 6.07) is 1.65. The highest BCUT2D eigenvalue weighted by atomic mass is 28.4. The Balaban J connectivity index is 4.45. The molecule has 0 aromatic rings. The lowest BCUT2D eigenvalue weighted by Crippen LogP contribution is -2.44. The van der Waals surface area contributed by atoms with Crippen LogP contribution in [0.15, 0.2) is 0 Å². The van der Waals surface area contributed by atoms with Gasteiger partial charge in [-0.15, -0.1) is 0 Å². The zero-order valence-electron chi connectivity index (χ0n) is 17.3. The molecule has 0 unspecified atom stereocenters. The van der Waals surface area contributed by atoms with Crippen molar-refractivity contribution in [1.82, 2.24) is 4.90 Å². The number of hydrogen-bond acceptors (Lipinski definition) is 7. The largest absolute Gasteiger partial charge is 0.500 e. The molecule has 0 fully saturated rings. The van der Waals surface area contributed by atoms with Gasteiger partial charge < -0.3 is 31.5 Å². The molecule has 0 atom stereocenters. The van der Waals surface area contributed by atoms with Crippen LogP contribution in [-0.4, -0.2) is 84.8 Å². The molecule has 9 heteroatoms. The van der Waals surface area contributed by atoms with Gasteiger partial charge in [-0.25, -0.2) is 0 Å². The van der Waals surface area contributed by atoms with E-state index in [1.807, 2.05) is 0 Å². The van der Waals surface area contributed by atoms with Crippen LogP contribution in [0.4, 0.5) is 0 Å². The lowest BCUT2D eigenvalue weighted by atomic mass is 10.3. The lowest BCUT2D eigenvalue weighted by molar-refractivity contribution is 0.119. The van der Waals surface area contributed by atoms with E-state index >= 15 is 0 Å². The van der Waals surface area contributed by atoms with E-state index < -0.39 is 17.6 Å². The summed E-state index contributed by atoms with van der Waals surface area (Å²) in [4.78, 5) is 2.49. The molecule has 0 saturated carbocycles. The van der Waals surface area contributed by atoms with Gasteiger partial charge in [-0.05, 0) is 38.9 Å². The maximum absolute atomic E-state index is 5.50. The second-order valence-electron chi connectivity index (χ2n) is 5.99. The smallest absolute Gasteiger partial charge is 0.377 e. The molecule has 0 N–H and O–H groups in total. The number of rotatable bonds is 17. The summed E-state index contributed by atoms with van der Waals surface area (Å²) < 4.78 is 33.0. The van der Waals surface area contributed by atoms with Gasteiger partial charge in [0.05, 0.1) is 0 Å². The zero-order chi connectivity index (χ0) is 19.2. The number of hydrogen-bond donors (Lipinski definition) is 0.